The maximum absolute atomic E-state index is 5.85. The largest absolute Gasteiger partial charge is 0.370 e. The van der Waals surface area contributed by atoms with Crippen molar-refractivity contribution in [3.8, 4) is 0 Å². The summed E-state index contributed by atoms with van der Waals surface area (Å²) in [5, 5.41) is 4.05. The van der Waals surface area contributed by atoms with Crippen molar-refractivity contribution in [1.82, 2.24) is 5.32 Å². The van der Waals surface area contributed by atoms with Crippen LogP contribution in [0.5, 0.6) is 0 Å². The first-order chi connectivity index (χ1) is 7.53. The van der Waals surface area contributed by atoms with Crippen LogP contribution in [0.3, 0.4) is 0 Å². The summed E-state index contributed by atoms with van der Waals surface area (Å²) in [4.78, 5) is 0. The molecule has 1 rings (SSSR count). The van der Waals surface area contributed by atoms with Gasteiger partial charge < -0.3 is 10.1 Å². The van der Waals surface area contributed by atoms with Crippen molar-refractivity contribution >= 4 is 11.6 Å². The van der Waals surface area contributed by atoms with Gasteiger partial charge in [-0.25, -0.2) is 0 Å². The number of hydrogen-bond donors (Lipinski definition) is 1. The zero-order valence-corrected chi connectivity index (χ0v) is 11.0. The second-order valence-electron chi connectivity index (χ2n) is 4.46. The van der Waals surface area contributed by atoms with Gasteiger partial charge in [0.15, 0.2) is 0 Å². The first kappa shape index (κ1) is 13.5. The van der Waals surface area contributed by atoms with Crippen LogP contribution in [0.25, 0.3) is 0 Å². The minimum absolute atomic E-state index is 0.143. The topological polar surface area (TPSA) is 21.3 Å². The molecule has 0 amide bonds. The summed E-state index contributed by atoms with van der Waals surface area (Å²) >= 11 is 5.82. The number of halogens is 1. The van der Waals surface area contributed by atoms with Crippen LogP contribution >= 0.6 is 11.6 Å². The van der Waals surface area contributed by atoms with Crippen LogP contribution in [0.15, 0.2) is 24.3 Å². The van der Waals surface area contributed by atoms with E-state index >= 15 is 0 Å². The number of hydrogen-bond acceptors (Lipinski definition) is 2. The average Bonchev–Trinajstić information content (AvgIpc) is 2.26. The summed E-state index contributed by atoms with van der Waals surface area (Å²) in [6, 6.07) is 7.76. The fraction of sp³-hybridized carbons (Fsp3) is 0.538. The third-order valence-corrected chi connectivity index (χ3v) is 2.60. The zero-order valence-electron chi connectivity index (χ0n) is 10.2. The molecule has 0 heterocycles. The molecule has 0 atom stereocenters. The first-order valence-electron chi connectivity index (χ1n) is 5.62. The molecule has 90 valence electrons. The minimum Gasteiger partial charge on any atom is -0.370 e. The highest BCUT2D eigenvalue weighted by Gasteiger charge is 2.17. The molecule has 0 radical (unpaired) electrons. The van der Waals surface area contributed by atoms with E-state index in [1.807, 2.05) is 24.3 Å². The summed E-state index contributed by atoms with van der Waals surface area (Å²) in [6.45, 7) is 8.72. The van der Waals surface area contributed by atoms with Gasteiger partial charge in [0.05, 0.1) is 12.2 Å². The maximum Gasteiger partial charge on any atom is 0.0754 e. The molecule has 0 fully saturated rings. The quantitative estimate of drug-likeness (QED) is 0.826. The Labute approximate surface area is 103 Å². The Morgan fingerprint density at radius 1 is 1.25 bits per heavy atom. The smallest absolute Gasteiger partial charge is 0.0754 e. The Morgan fingerprint density at radius 3 is 2.44 bits per heavy atom. The molecule has 0 aliphatic rings. The van der Waals surface area contributed by atoms with Crippen LogP contribution in [0.4, 0.5) is 0 Å². The van der Waals surface area contributed by atoms with Gasteiger partial charge in [-0.15, -0.1) is 0 Å². The van der Waals surface area contributed by atoms with Crippen molar-refractivity contribution in [3.63, 3.8) is 0 Å². The second kappa shape index (κ2) is 6.24. The van der Waals surface area contributed by atoms with E-state index in [1.54, 1.807) is 0 Å². The van der Waals surface area contributed by atoms with E-state index in [0.29, 0.717) is 6.61 Å². The van der Waals surface area contributed by atoms with Gasteiger partial charge in [-0.2, -0.15) is 0 Å². The third-order valence-electron chi connectivity index (χ3n) is 2.34. The summed E-state index contributed by atoms with van der Waals surface area (Å²) in [5.74, 6) is 0. The van der Waals surface area contributed by atoms with Gasteiger partial charge in [0.1, 0.15) is 0 Å². The molecule has 0 bridgehead atoms. The van der Waals surface area contributed by atoms with Crippen LogP contribution in [0.2, 0.25) is 5.02 Å². The molecule has 16 heavy (non-hydrogen) atoms. The summed E-state index contributed by atoms with van der Waals surface area (Å²) in [6.07, 6.45) is 0. The lowest BCUT2D eigenvalue weighted by atomic mass is 10.1. The van der Waals surface area contributed by atoms with Gasteiger partial charge in [-0.1, -0.05) is 30.7 Å². The first-order valence-corrected chi connectivity index (χ1v) is 6.00. The molecule has 0 saturated heterocycles. The molecular weight excluding hydrogens is 222 g/mol. The molecule has 1 aromatic rings. The molecule has 0 aliphatic heterocycles. The second-order valence-corrected chi connectivity index (χ2v) is 4.89. The lowest BCUT2D eigenvalue weighted by molar-refractivity contribution is -0.0275. The predicted molar refractivity (Wildman–Crippen MR) is 68.9 cm³/mol. The molecule has 0 saturated carbocycles. The van der Waals surface area contributed by atoms with E-state index < -0.39 is 0 Å². The van der Waals surface area contributed by atoms with Gasteiger partial charge >= 0.3 is 0 Å². The Hall–Kier alpha value is -0.570. The Bertz CT molecular complexity index is 308. The minimum atomic E-state index is -0.143. The maximum atomic E-state index is 5.85. The molecule has 1 aromatic carbocycles. The predicted octanol–water partition coefficient (Wildman–Crippen LogP) is 3.24. The van der Waals surface area contributed by atoms with Crippen LogP contribution in [-0.4, -0.2) is 18.7 Å². The van der Waals surface area contributed by atoms with Gasteiger partial charge in [0.2, 0.25) is 0 Å². The summed E-state index contributed by atoms with van der Waals surface area (Å²) in [7, 11) is 0. The SMILES string of the molecule is CCNCC(C)(C)OCc1ccc(Cl)cc1. The fourth-order valence-corrected chi connectivity index (χ4v) is 1.46. The van der Waals surface area contributed by atoms with Crippen LogP contribution < -0.4 is 5.32 Å². The van der Waals surface area contributed by atoms with Crippen LogP contribution in [0, 0.1) is 0 Å². The van der Waals surface area contributed by atoms with E-state index in [-0.39, 0.29) is 5.60 Å². The van der Waals surface area contributed by atoms with Crippen LogP contribution in [0.1, 0.15) is 26.3 Å². The van der Waals surface area contributed by atoms with E-state index in [2.05, 4.69) is 26.1 Å². The number of likely N-dealkylation sites (N-methyl/N-ethyl adjacent to an activating group) is 1. The lowest BCUT2D eigenvalue weighted by Crippen LogP contribution is -2.37. The highest BCUT2D eigenvalue weighted by atomic mass is 35.5. The van der Waals surface area contributed by atoms with Gasteiger partial charge in [0, 0.05) is 11.6 Å². The van der Waals surface area contributed by atoms with Crippen LogP contribution in [-0.2, 0) is 11.3 Å². The van der Waals surface area contributed by atoms with E-state index in [9.17, 15) is 0 Å². The molecule has 3 heteroatoms. The van der Waals surface area contributed by atoms with E-state index in [1.165, 1.54) is 0 Å². The lowest BCUT2D eigenvalue weighted by Gasteiger charge is -2.25. The molecular formula is C13H20ClNO. The van der Waals surface area contributed by atoms with Crippen molar-refractivity contribution in [2.45, 2.75) is 33.0 Å². The normalized spacial score (nSPS) is 11.8. The van der Waals surface area contributed by atoms with Gasteiger partial charge in [-0.05, 0) is 38.1 Å². The number of ether oxygens (including phenoxy) is 1. The summed E-state index contributed by atoms with van der Waals surface area (Å²) in [5.41, 5.74) is 1.00. The third kappa shape index (κ3) is 4.97. The molecule has 1 N–H and O–H groups in total. The van der Waals surface area contributed by atoms with Gasteiger partial charge in [-0.3, -0.25) is 0 Å². The monoisotopic (exact) mass is 241 g/mol. The number of nitrogens with one attached hydrogen (secondary N) is 1. The van der Waals surface area contributed by atoms with Crippen molar-refractivity contribution in [2.75, 3.05) is 13.1 Å². The van der Waals surface area contributed by atoms with Crippen molar-refractivity contribution in [3.05, 3.63) is 34.9 Å². The molecule has 0 spiro atoms. The standard InChI is InChI=1S/C13H20ClNO/c1-4-15-10-13(2,3)16-9-11-5-7-12(14)8-6-11/h5-8,15H,4,9-10H2,1-3H3. The van der Waals surface area contributed by atoms with Crippen molar-refractivity contribution < 1.29 is 4.74 Å². The molecule has 0 aliphatic carbocycles. The summed E-state index contributed by atoms with van der Waals surface area (Å²) < 4.78 is 5.85. The highest BCUT2D eigenvalue weighted by Crippen LogP contribution is 2.14. The van der Waals surface area contributed by atoms with Gasteiger partial charge in [0.25, 0.3) is 0 Å². The highest BCUT2D eigenvalue weighted by molar-refractivity contribution is 6.30. The average molecular weight is 242 g/mol. The molecule has 0 aromatic heterocycles. The van der Waals surface area contributed by atoms with E-state index in [0.717, 1.165) is 23.7 Å². The van der Waals surface area contributed by atoms with E-state index in [4.69, 9.17) is 16.3 Å². The van der Waals surface area contributed by atoms with Crippen molar-refractivity contribution in [1.29, 1.82) is 0 Å². The zero-order chi connectivity index (χ0) is 12.0. The number of benzene rings is 1. The van der Waals surface area contributed by atoms with Crippen molar-refractivity contribution in [2.24, 2.45) is 0 Å². The molecule has 2 nitrogen and oxygen atoms in total. The Morgan fingerprint density at radius 2 is 1.88 bits per heavy atom. The Kier molecular flexibility index (Phi) is 5.26. The number of rotatable bonds is 6. The molecule has 0 unspecified atom stereocenters. The Balaban J connectivity index is 2.41. The fourth-order valence-electron chi connectivity index (χ4n) is 1.34.